The molecule has 0 unspecified atom stereocenters. The fourth-order valence-electron chi connectivity index (χ4n) is 4.28. The molecule has 1 fully saturated rings. The molecule has 0 saturated carbocycles. The molecular formula is C25H20ClF2N3O2S. The van der Waals surface area contributed by atoms with Gasteiger partial charge in [0.2, 0.25) is 9.84 Å². The van der Waals surface area contributed by atoms with Gasteiger partial charge in [0.15, 0.2) is 0 Å². The van der Waals surface area contributed by atoms with Crippen LogP contribution in [0, 0.1) is 11.6 Å². The topological polar surface area (TPSA) is 53.5 Å². The van der Waals surface area contributed by atoms with E-state index in [1.54, 1.807) is 18.2 Å². The number of halogens is 3. The molecule has 0 bridgehead atoms. The fraction of sp³-hybridized carbons (Fsp3) is 0.160. The maximum absolute atomic E-state index is 14.3. The maximum Gasteiger partial charge on any atom is 0.210 e. The number of para-hydroxylation sites is 1. The van der Waals surface area contributed by atoms with Gasteiger partial charge in [-0.25, -0.2) is 17.2 Å². The second-order valence-corrected chi connectivity index (χ2v) is 10.4. The smallest absolute Gasteiger partial charge is 0.210 e. The molecule has 5 nitrogen and oxygen atoms in total. The first-order valence-corrected chi connectivity index (χ1v) is 12.5. The number of nitrogens with zero attached hydrogens (tertiary/aromatic N) is 3. The van der Waals surface area contributed by atoms with E-state index >= 15 is 0 Å². The number of sulfone groups is 1. The molecule has 0 atom stereocenters. The Morgan fingerprint density at radius 3 is 2.24 bits per heavy atom. The van der Waals surface area contributed by atoms with Gasteiger partial charge in [-0.2, -0.15) is 0 Å². The molecule has 0 radical (unpaired) electrons. The number of aromatic nitrogens is 1. The molecule has 0 N–H and O–H groups in total. The zero-order valence-electron chi connectivity index (χ0n) is 18.0. The number of anilines is 2. The number of pyridine rings is 1. The molecule has 1 aromatic heterocycles. The highest BCUT2D eigenvalue weighted by Gasteiger charge is 2.29. The molecule has 1 aliphatic heterocycles. The van der Waals surface area contributed by atoms with Crippen molar-refractivity contribution in [3.63, 3.8) is 0 Å². The highest BCUT2D eigenvalue weighted by atomic mass is 35.5. The third-order valence-corrected chi connectivity index (χ3v) is 7.99. The summed E-state index contributed by atoms with van der Waals surface area (Å²) in [4.78, 5) is 8.19. The molecule has 0 aliphatic carbocycles. The van der Waals surface area contributed by atoms with Crippen molar-refractivity contribution in [2.75, 3.05) is 36.0 Å². The van der Waals surface area contributed by atoms with Crippen LogP contribution in [0.15, 0.2) is 82.7 Å². The van der Waals surface area contributed by atoms with E-state index < -0.39 is 15.7 Å². The van der Waals surface area contributed by atoms with Gasteiger partial charge in [0.1, 0.15) is 16.5 Å². The zero-order chi connectivity index (χ0) is 23.9. The van der Waals surface area contributed by atoms with Gasteiger partial charge in [-0.3, -0.25) is 4.98 Å². The van der Waals surface area contributed by atoms with Crippen LogP contribution in [-0.2, 0) is 9.84 Å². The van der Waals surface area contributed by atoms with E-state index in [0.717, 1.165) is 0 Å². The van der Waals surface area contributed by atoms with E-state index in [1.165, 1.54) is 54.7 Å². The lowest BCUT2D eigenvalue weighted by Crippen LogP contribution is -2.47. The van der Waals surface area contributed by atoms with E-state index in [4.69, 9.17) is 11.6 Å². The van der Waals surface area contributed by atoms with Crippen molar-refractivity contribution in [3.05, 3.63) is 89.6 Å². The van der Waals surface area contributed by atoms with Crippen molar-refractivity contribution in [2.24, 2.45) is 0 Å². The molecule has 34 heavy (non-hydrogen) atoms. The Labute approximate surface area is 201 Å². The van der Waals surface area contributed by atoms with Gasteiger partial charge in [0.05, 0.1) is 21.8 Å². The molecule has 0 amide bonds. The predicted octanol–water partition coefficient (Wildman–Crippen LogP) is 5.33. The summed E-state index contributed by atoms with van der Waals surface area (Å²) >= 11 is 5.94. The third-order valence-electron chi connectivity index (χ3n) is 5.97. The number of hydrogen-bond donors (Lipinski definition) is 0. The van der Waals surface area contributed by atoms with Crippen LogP contribution in [-0.4, -0.2) is 39.6 Å². The predicted molar refractivity (Wildman–Crippen MR) is 129 cm³/mol. The minimum atomic E-state index is -3.97. The van der Waals surface area contributed by atoms with Crippen LogP contribution >= 0.6 is 11.6 Å². The second kappa shape index (κ2) is 8.85. The van der Waals surface area contributed by atoms with E-state index in [1.807, 2.05) is 9.80 Å². The Morgan fingerprint density at radius 2 is 1.53 bits per heavy atom. The lowest BCUT2D eigenvalue weighted by Gasteiger charge is -2.38. The quantitative estimate of drug-likeness (QED) is 0.380. The van der Waals surface area contributed by atoms with E-state index in [2.05, 4.69) is 4.98 Å². The van der Waals surface area contributed by atoms with Crippen LogP contribution in [0.1, 0.15) is 0 Å². The number of fused-ring (bicyclic) bond motifs is 1. The summed E-state index contributed by atoms with van der Waals surface area (Å²) < 4.78 is 55.7. The molecule has 3 aromatic carbocycles. The maximum atomic E-state index is 14.3. The summed E-state index contributed by atoms with van der Waals surface area (Å²) in [6.07, 6.45) is 1.32. The average Bonchev–Trinajstić information content (AvgIpc) is 2.84. The summed E-state index contributed by atoms with van der Waals surface area (Å²) in [7, 11) is -3.97. The molecule has 9 heteroatoms. The van der Waals surface area contributed by atoms with Crippen LogP contribution in [0.3, 0.4) is 0 Å². The standard InChI is InChI=1S/C25H20ClF2N3O2S/c26-17-5-8-19(9-6-17)34(32,33)24-16-29-22-10-7-18(27)15-20(22)25(24)31-13-11-30(12-14-31)23-4-2-1-3-21(23)28/h1-10,15-16H,11-14H2. The molecule has 1 aliphatic rings. The molecule has 174 valence electrons. The molecular weight excluding hydrogens is 480 g/mol. The van der Waals surface area contributed by atoms with Crippen molar-refractivity contribution in [3.8, 4) is 0 Å². The largest absolute Gasteiger partial charge is 0.366 e. The Kier molecular flexibility index (Phi) is 5.87. The molecule has 2 heterocycles. The highest BCUT2D eigenvalue weighted by molar-refractivity contribution is 7.91. The molecule has 1 saturated heterocycles. The fourth-order valence-corrected chi connectivity index (χ4v) is 5.83. The van der Waals surface area contributed by atoms with Crippen molar-refractivity contribution in [2.45, 2.75) is 9.79 Å². The third kappa shape index (κ3) is 4.08. The van der Waals surface area contributed by atoms with Gasteiger partial charge in [0.25, 0.3) is 0 Å². The Morgan fingerprint density at radius 1 is 0.853 bits per heavy atom. The summed E-state index contributed by atoms with van der Waals surface area (Å²) in [5.74, 6) is -0.792. The lowest BCUT2D eigenvalue weighted by atomic mass is 10.1. The van der Waals surface area contributed by atoms with E-state index in [0.29, 0.717) is 53.5 Å². The molecule has 4 aromatic rings. The second-order valence-electron chi connectivity index (χ2n) is 8.02. The normalized spacial score (nSPS) is 14.6. The van der Waals surface area contributed by atoms with Crippen LogP contribution in [0.25, 0.3) is 10.9 Å². The number of benzene rings is 3. The van der Waals surface area contributed by atoms with Crippen molar-refractivity contribution >= 4 is 43.7 Å². The summed E-state index contributed by atoms with van der Waals surface area (Å²) in [5.41, 5.74) is 1.39. The van der Waals surface area contributed by atoms with Gasteiger partial charge in [-0.1, -0.05) is 23.7 Å². The molecule has 5 rings (SSSR count). The summed E-state index contributed by atoms with van der Waals surface area (Å²) in [6, 6.07) is 16.6. The van der Waals surface area contributed by atoms with Gasteiger partial charge in [0, 0.05) is 42.8 Å². The summed E-state index contributed by atoms with van der Waals surface area (Å²) in [6.45, 7) is 1.79. The Balaban J connectivity index is 1.59. The summed E-state index contributed by atoms with van der Waals surface area (Å²) in [5, 5.41) is 0.830. The van der Waals surface area contributed by atoms with Crippen LogP contribution in [0.2, 0.25) is 5.02 Å². The first kappa shape index (κ1) is 22.6. The monoisotopic (exact) mass is 499 g/mol. The Bertz CT molecular complexity index is 1470. The zero-order valence-corrected chi connectivity index (χ0v) is 19.5. The number of rotatable bonds is 4. The van der Waals surface area contributed by atoms with Crippen molar-refractivity contribution in [1.29, 1.82) is 0 Å². The number of piperazine rings is 1. The van der Waals surface area contributed by atoms with Crippen LogP contribution in [0.5, 0.6) is 0 Å². The lowest BCUT2D eigenvalue weighted by molar-refractivity contribution is 0.590. The van der Waals surface area contributed by atoms with E-state index in [-0.39, 0.29) is 15.6 Å². The first-order valence-electron chi connectivity index (χ1n) is 10.7. The first-order chi connectivity index (χ1) is 16.3. The number of hydrogen-bond acceptors (Lipinski definition) is 5. The van der Waals surface area contributed by atoms with Crippen molar-refractivity contribution in [1.82, 2.24) is 4.98 Å². The van der Waals surface area contributed by atoms with Crippen LogP contribution < -0.4 is 9.80 Å². The SMILES string of the molecule is O=S(=O)(c1ccc(Cl)cc1)c1cnc2ccc(F)cc2c1N1CCN(c2ccccc2F)CC1. The van der Waals surface area contributed by atoms with Crippen LogP contribution in [0.4, 0.5) is 20.2 Å². The minimum Gasteiger partial charge on any atom is -0.366 e. The average molecular weight is 500 g/mol. The Hall–Kier alpha value is -3.23. The van der Waals surface area contributed by atoms with E-state index in [9.17, 15) is 17.2 Å². The van der Waals surface area contributed by atoms with Gasteiger partial charge < -0.3 is 9.80 Å². The van der Waals surface area contributed by atoms with Gasteiger partial charge >= 0.3 is 0 Å². The van der Waals surface area contributed by atoms with Gasteiger partial charge in [-0.05, 0) is 54.6 Å². The molecule has 0 spiro atoms. The van der Waals surface area contributed by atoms with Gasteiger partial charge in [-0.15, -0.1) is 0 Å². The minimum absolute atomic E-state index is 0.00716. The highest BCUT2D eigenvalue weighted by Crippen LogP contribution is 2.37. The van der Waals surface area contributed by atoms with Crippen molar-refractivity contribution < 1.29 is 17.2 Å².